The standard InChI is InChI=1S/C16H20N2O2/c1-11-7-8-13(10-17)16(9-11)20-15-6-4-3-5-14(15)18-12(2)19/h3-6,11,13,16H,7-9H2,1-2H3,(H,18,19). The summed E-state index contributed by atoms with van der Waals surface area (Å²) in [6.07, 6.45) is 2.74. The second-order valence-corrected chi connectivity index (χ2v) is 5.49. The number of carbonyl (C=O) groups excluding carboxylic acids is 1. The maximum absolute atomic E-state index is 11.2. The molecule has 1 aliphatic carbocycles. The van der Waals surface area contributed by atoms with Gasteiger partial charge in [0.25, 0.3) is 0 Å². The van der Waals surface area contributed by atoms with Gasteiger partial charge >= 0.3 is 0 Å². The van der Waals surface area contributed by atoms with Gasteiger partial charge in [-0.1, -0.05) is 19.1 Å². The van der Waals surface area contributed by atoms with Gasteiger partial charge in [-0.25, -0.2) is 0 Å². The number of nitrogens with one attached hydrogen (secondary N) is 1. The second-order valence-electron chi connectivity index (χ2n) is 5.49. The third kappa shape index (κ3) is 3.51. The highest BCUT2D eigenvalue weighted by atomic mass is 16.5. The molecule has 1 fully saturated rings. The Kier molecular flexibility index (Phi) is 4.62. The SMILES string of the molecule is CC(=O)Nc1ccccc1OC1CC(C)CCC1C#N. The van der Waals surface area contributed by atoms with E-state index in [1.54, 1.807) is 0 Å². The Morgan fingerprint density at radius 1 is 1.40 bits per heavy atom. The topological polar surface area (TPSA) is 62.1 Å². The first-order valence-electron chi connectivity index (χ1n) is 7.03. The van der Waals surface area contributed by atoms with Crippen LogP contribution in [-0.4, -0.2) is 12.0 Å². The number of nitriles is 1. The molecule has 4 heteroatoms. The molecular weight excluding hydrogens is 252 g/mol. The van der Waals surface area contributed by atoms with Crippen molar-refractivity contribution < 1.29 is 9.53 Å². The van der Waals surface area contributed by atoms with Crippen molar-refractivity contribution in [2.75, 3.05) is 5.32 Å². The van der Waals surface area contributed by atoms with E-state index >= 15 is 0 Å². The van der Waals surface area contributed by atoms with Gasteiger partial charge in [0, 0.05) is 6.92 Å². The van der Waals surface area contributed by atoms with Gasteiger partial charge in [0.1, 0.15) is 11.9 Å². The molecule has 0 saturated heterocycles. The molecule has 0 spiro atoms. The highest BCUT2D eigenvalue weighted by molar-refractivity contribution is 5.90. The molecule has 0 aliphatic heterocycles. The average molecular weight is 272 g/mol. The number of amides is 1. The molecule has 2 rings (SSSR count). The van der Waals surface area contributed by atoms with Crippen molar-refractivity contribution >= 4 is 11.6 Å². The number of anilines is 1. The Bertz CT molecular complexity index is 521. The van der Waals surface area contributed by atoms with Crippen molar-refractivity contribution in [1.29, 1.82) is 5.26 Å². The molecule has 1 aromatic carbocycles. The van der Waals surface area contributed by atoms with Crippen LogP contribution in [0.4, 0.5) is 5.69 Å². The summed E-state index contributed by atoms with van der Waals surface area (Å²) in [5.41, 5.74) is 0.662. The summed E-state index contributed by atoms with van der Waals surface area (Å²) < 4.78 is 6.02. The molecule has 106 valence electrons. The molecule has 1 N–H and O–H groups in total. The lowest BCUT2D eigenvalue weighted by Crippen LogP contribution is -2.32. The normalized spacial score (nSPS) is 25.6. The third-order valence-corrected chi connectivity index (χ3v) is 3.70. The third-order valence-electron chi connectivity index (χ3n) is 3.70. The number of hydrogen-bond donors (Lipinski definition) is 1. The molecule has 1 saturated carbocycles. The lowest BCUT2D eigenvalue weighted by molar-refractivity contribution is -0.114. The highest BCUT2D eigenvalue weighted by Crippen LogP contribution is 2.34. The van der Waals surface area contributed by atoms with Crippen LogP contribution in [0.15, 0.2) is 24.3 Å². The van der Waals surface area contributed by atoms with Crippen LogP contribution in [0, 0.1) is 23.2 Å². The Hall–Kier alpha value is -2.02. The molecule has 1 aromatic rings. The fourth-order valence-electron chi connectivity index (χ4n) is 2.63. The fourth-order valence-corrected chi connectivity index (χ4v) is 2.63. The molecule has 0 bridgehead atoms. The number of ether oxygens (including phenoxy) is 1. The number of nitrogens with zero attached hydrogens (tertiary/aromatic N) is 1. The Morgan fingerprint density at radius 3 is 2.85 bits per heavy atom. The Morgan fingerprint density at radius 2 is 2.15 bits per heavy atom. The summed E-state index contributed by atoms with van der Waals surface area (Å²) in [4.78, 5) is 11.2. The maximum atomic E-state index is 11.2. The molecule has 20 heavy (non-hydrogen) atoms. The van der Waals surface area contributed by atoms with E-state index in [1.807, 2.05) is 24.3 Å². The van der Waals surface area contributed by atoms with E-state index in [2.05, 4.69) is 18.3 Å². The van der Waals surface area contributed by atoms with Crippen molar-refractivity contribution in [3.05, 3.63) is 24.3 Å². The number of benzene rings is 1. The van der Waals surface area contributed by atoms with Gasteiger partial charge in [0.2, 0.25) is 5.91 Å². The van der Waals surface area contributed by atoms with Crippen molar-refractivity contribution in [3.8, 4) is 11.8 Å². The van der Waals surface area contributed by atoms with E-state index in [0.717, 1.165) is 19.3 Å². The lowest BCUT2D eigenvalue weighted by Gasteiger charge is -2.31. The molecule has 0 heterocycles. The first-order valence-corrected chi connectivity index (χ1v) is 7.03. The number of rotatable bonds is 3. The van der Waals surface area contributed by atoms with Gasteiger partial charge in [-0.3, -0.25) is 4.79 Å². The molecular formula is C16H20N2O2. The first-order chi connectivity index (χ1) is 9.60. The van der Waals surface area contributed by atoms with Crippen molar-refractivity contribution in [3.63, 3.8) is 0 Å². The Labute approximate surface area is 119 Å². The van der Waals surface area contributed by atoms with E-state index < -0.39 is 0 Å². The zero-order chi connectivity index (χ0) is 14.5. The van der Waals surface area contributed by atoms with E-state index in [0.29, 0.717) is 17.4 Å². The van der Waals surface area contributed by atoms with Crippen molar-refractivity contribution in [1.82, 2.24) is 0 Å². The van der Waals surface area contributed by atoms with E-state index in [4.69, 9.17) is 4.74 Å². The average Bonchev–Trinajstić information content (AvgIpc) is 2.41. The van der Waals surface area contributed by atoms with Crippen LogP contribution in [0.3, 0.4) is 0 Å². The van der Waals surface area contributed by atoms with Crippen LogP contribution in [-0.2, 0) is 4.79 Å². The van der Waals surface area contributed by atoms with Crippen molar-refractivity contribution in [2.24, 2.45) is 11.8 Å². The summed E-state index contributed by atoms with van der Waals surface area (Å²) in [5.74, 6) is 1.01. The first kappa shape index (κ1) is 14.4. The molecule has 0 radical (unpaired) electrons. The van der Waals surface area contributed by atoms with Crippen LogP contribution in [0.1, 0.15) is 33.1 Å². The smallest absolute Gasteiger partial charge is 0.221 e. The van der Waals surface area contributed by atoms with Crippen LogP contribution < -0.4 is 10.1 Å². The summed E-state index contributed by atoms with van der Waals surface area (Å²) in [5, 5.41) is 12.0. The maximum Gasteiger partial charge on any atom is 0.221 e. The molecule has 4 nitrogen and oxygen atoms in total. The highest BCUT2D eigenvalue weighted by Gasteiger charge is 2.30. The Balaban J connectivity index is 2.16. The van der Waals surface area contributed by atoms with E-state index in [-0.39, 0.29) is 17.9 Å². The molecule has 3 unspecified atom stereocenters. The van der Waals surface area contributed by atoms with Crippen LogP contribution in [0.2, 0.25) is 0 Å². The fraction of sp³-hybridized carbons (Fsp3) is 0.500. The van der Waals surface area contributed by atoms with Crippen LogP contribution >= 0.6 is 0 Å². The quantitative estimate of drug-likeness (QED) is 0.917. The molecule has 0 aromatic heterocycles. The second kappa shape index (κ2) is 6.42. The van der Waals surface area contributed by atoms with Crippen LogP contribution in [0.25, 0.3) is 0 Å². The zero-order valence-corrected chi connectivity index (χ0v) is 11.9. The number of carbonyl (C=O) groups is 1. The zero-order valence-electron chi connectivity index (χ0n) is 11.9. The molecule has 1 aliphatic rings. The van der Waals surface area contributed by atoms with Crippen molar-refractivity contribution in [2.45, 2.75) is 39.2 Å². The van der Waals surface area contributed by atoms with Gasteiger partial charge in [-0.05, 0) is 37.3 Å². The van der Waals surface area contributed by atoms with Gasteiger partial charge in [-0.2, -0.15) is 5.26 Å². The summed E-state index contributed by atoms with van der Waals surface area (Å²) in [6, 6.07) is 9.70. The minimum atomic E-state index is -0.130. The summed E-state index contributed by atoms with van der Waals surface area (Å²) in [6.45, 7) is 3.65. The largest absolute Gasteiger partial charge is 0.487 e. The van der Waals surface area contributed by atoms with Gasteiger partial charge in [0.05, 0.1) is 17.7 Å². The predicted octanol–water partition coefficient (Wildman–Crippen LogP) is 3.35. The van der Waals surface area contributed by atoms with Gasteiger partial charge < -0.3 is 10.1 Å². The minimum Gasteiger partial charge on any atom is -0.487 e. The number of hydrogen-bond acceptors (Lipinski definition) is 3. The number of para-hydroxylation sites is 2. The minimum absolute atomic E-state index is 0.0726. The van der Waals surface area contributed by atoms with Gasteiger partial charge in [-0.15, -0.1) is 0 Å². The predicted molar refractivity (Wildman–Crippen MR) is 77.3 cm³/mol. The van der Waals surface area contributed by atoms with Gasteiger partial charge in [0.15, 0.2) is 0 Å². The van der Waals surface area contributed by atoms with E-state index in [9.17, 15) is 10.1 Å². The van der Waals surface area contributed by atoms with Crippen LogP contribution in [0.5, 0.6) is 5.75 Å². The monoisotopic (exact) mass is 272 g/mol. The summed E-state index contributed by atoms with van der Waals surface area (Å²) >= 11 is 0. The molecule has 1 amide bonds. The molecule has 3 atom stereocenters. The lowest BCUT2D eigenvalue weighted by atomic mass is 9.81. The summed E-state index contributed by atoms with van der Waals surface area (Å²) in [7, 11) is 0. The van der Waals surface area contributed by atoms with E-state index in [1.165, 1.54) is 6.92 Å².